The highest BCUT2D eigenvalue weighted by Gasteiger charge is 2.24. The van der Waals surface area contributed by atoms with E-state index in [2.05, 4.69) is 17.2 Å². The smallest absolute Gasteiger partial charge is 0.254 e. The summed E-state index contributed by atoms with van der Waals surface area (Å²) in [5.41, 5.74) is 5.35. The molecule has 0 aliphatic heterocycles. The number of hydrogen-bond donors (Lipinski definition) is 2. The number of nitrogens with two attached hydrogens (primary N) is 1. The molecule has 1 aromatic rings. The first-order valence-corrected chi connectivity index (χ1v) is 6.82. The van der Waals surface area contributed by atoms with E-state index in [-0.39, 0.29) is 17.4 Å². The fourth-order valence-corrected chi connectivity index (χ4v) is 2.69. The summed E-state index contributed by atoms with van der Waals surface area (Å²) in [5.74, 6) is -0.703. The maximum absolute atomic E-state index is 13.7. The van der Waals surface area contributed by atoms with Gasteiger partial charge in [-0.15, -0.1) is 0 Å². The van der Waals surface area contributed by atoms with E-state index in [1.165, 1.54) is 18.7 Å². The van der Waals surface area contributed by atoms with Gasteiger partial charge >= 0.3 is 0 Å². The highest BCUT2D eigenvalue weighted by molar-refractivity contribution is 5.95. The second-order valence-electron chi connectivity index (χ2n) is 5.17. The number of aromatic nitrogens is 1. The number of rotatable bonds is 3. The normalized spacial score (nSPS) is 23.1. The Balaban J connectivity index is 2.02. The Kier molecular flexibility index (Phi) is 4.35. The number of anilines is 1. The van der Waals surface area contributed by atoms with Crippen molar-refractivity contribution in [2.24, 2.45) is 5.92 Å². The number of nitrogen functional groups attached to an aromatic ring is 1. The van der Waals surface area contributed by atoms with Crippen molar-refractivity contribution in [3.63, 3.8) is 0 Å². The van der Waals surface area contributed by atoms with Gasteiger partial charge in [0.15, 0.2) is 11.6 Å². The minimum Gasteiger partial charge on any atom is -0.381 e. The lowest BCUT2D eigenvalue weighted by Gasteiger charge is -2.29. The van der Waals surface area contributed by atoms with Gasteiger partial charge in [0.1, 0.15) is 0 Å². The monoisotopic (exact) mass is 265 g/mol. The van der Waals surface area contributed by atoms with Crippen molar-refractivity contribution in [2.75, 3.05) is 5.73 Å². The van der Waals surface area contributed by atoms with E-state index in [0.717, 1.165) is 25.7 Å². The number of carbonyl (C=O) groups excluding carboxylic acids is 1. The molecular weight excluding hydrogens is 245 g/mol. The molecule has 1 aromatic heterocycles. The Hall–Kier alpha value is -1.65. The zero-order valence-electron chi connectivity index (χ0n) is 11.2. The third-order valence-corrected chi connectivity index (χ3v) is 3.86. The first kappa shape index (κ1) is 13.8. The number of halogens is 1. The molecule has 1 amide bonds. The molecule has 1 heterocycles. The second-order valence-corrected chi connectivity index (χ2v) is 5.17. The Morgan fingerprint density at radius 2 is 2.37 bits per heavy atom. The summed E-state index contributed by atoms with van der Waals surface area (Å²) in [6.45, 7) is 2.16. The van der Waals surface area contributed by atoms with Crippen molar-refractivity contribution in [1.29, 1.82) is 0 Å². The topological polar surface area (TPSA) is 68.0 Å². The maximum atomic E-state index is 13.7. The lowest BCUT2D eigenvalue weighted by Crippen LogP contribution is -2.38. The van der Waals surface area contributed by atoms with E-state index < -0.39 is 11.7 Å². The molecule has 104 valence electrons. The molecule has 2 unspecified atom stereocenters. The summed E-state index contributed by atoms with van der Waals surface area (Å²) in [7, 11) is 0. The minimum atomic E-state index is -0.733. The highest BCUT2D eigenvalue weighted by Crippen LogP contribution is 2.26. The lowest BCUT2D eigenvalue weighted by molar-refractivity contribution is 0.0915. The van der Waals surface area contributed by atoms with Crippen LogP contribution in [0.1, 0.15) is 49.4 Å². The van der Waals surface area contributed by atoms with Gasteiger partial charge in [-0.05, 0) is 24.8 Å². The van der Waals surface area contributed by atoms with Crippen LogP contribution in [-0.2, 0) is 0 Å². The summed E-state index contributed by atoms with van der Waals surface area (Å²) >= 11 is 0. The zero-order valence-corrected chi connectivity index (χ0v) is 11.2. The molecule has 0 aromatic carbocycles. The number of nitrogens with zero attached hydrogens (tertiary/aromatic N) is 1. The van der Waals surface area contributed by atoms with E-state index in [0.29, 0.717) is 5.92 Å². The molecule has 5 heteroatoms. The number of amides is 1. The Morgan fingerprint density at radius 3 is 3.11 bits per heavy atom. The average Bonchev–Trinajstić information content (AvgIpc) is 2.42. The molecular formula is C14H20FN3O. The van der Waals surface area contributed by atoms with Gasteiger partial charge < -0.3 is 11.1 Å². The minimum absolute atomic E-state index is 0.0221. The van der Waals surface area contributed by atoms with Crippen molar-refractivity contribution >= 4 is 11.7 Å². The predicted octanol–water partition coefficient (Wildman–Crippen LogP) is 2.50. The summed E-state index contributed by atoms with van der Waals surface area (Å²) in [6.07, 6.45) is 6.75. The standard InChI is InChI=1S/C14H20FN3O/c1-2-9-4-3-5-10(8-9)18-14(19)11-6-7-17-13(16)12(11)15/h6-7,9-10H,2-5,8H2,1H3,(H2,16,17)(H,18,19). The van der Waals surface area contributed by atoms with Crippen LogP contribution in [-0.4, -0.2) is 16.9 Å². The third-order valence-electron chi connectivity index (χ3n) is 3.86. The number of pyridine rings is 1. The van der Waals surface area contributed by atoms with Gasteiger partial charge in [-0.3, -0.25) is 4.79 Å². The van der Waals surface area contributed by atoms with E-state index in [1.54, 1.807) is 0 Å². The van der Waals surface area contributed by atoms with E-state index in [1.807, 2.05) is 0 Å². The first-order chi connectivity index (χ1) is 9.11. The van der Waals surface area contributed by atoms with Crippen molar-refractivity contribution in [2.45, 2.75) is 45.1 Å². The van der Waals surface area contributed by atoms with Gasteiger partial charge in [-0.2, -0.15) is 0 Å². The molecule has 4 nitrogen and oxygen atoms in total. The number of nitrogens with one attached hydrogen (secondary N) is 1. The fourth-order valence-electron chi connectivity index (χ4n) is 2.69. The van der Waals surface area contributed by atoms with Crippen molar-refractivity contribution < 1.29 is 9.18 Å². The van der Waals surface area contributed by atoms with Crippen LogP contribution < -0.4 is 11.1 Å². The van der Waals surface area contributed by atoms with Gasteiger partial charge in [0.25, 0.3) is 5.91 Å². The number of carbonyl (C=O) groups is 1. The molecule has 0 spiro atoms. The second kappa shape index (κ2) is 5.99. The van der Waals surface area contributed by atoms with Gasteiger partial charge in [0, 0.05) is 12.2 Å². The molecule has 1 aliphatic carbocycles. The molecule has 3 N–H and O–H groups in total. The van der Waals surface area contributed by atoms with Gasteiger partial charge in [-0.1, -0.05) is 26.2 Å². The predicted molar refractivity (Wildman–Crippen MR) is 72.1 cm³/mol. The number of hydrogen-bond acceptors (Lipinski definition) is 3. The Labute approximate surface area is 112 Å². The summed E-state index contributed by atoms with van der Waals surface area (Å²) in [6, 6.07) is 1.50. The SMILES string of the molecule is CCC1CCCC(NC(=O)c2ccnc(N)c2F)C1. The van der Waals surface area contributed by atoms with Crippen LogP contribution in [0.25, 0.3) is 0 Å². The summed E-state index contributed by atoms with van der Waals surface area (Å²) in [5, 5.41) is 2.91. The largest absolute Gasteiger partial charge is 0.381 e. The summed E-state index contributed by atoms with van der Waals surface area (Å²) < 4.78 is 13.7. The van der Waals surface area contributed by atoms with Crippen LogP contribution >= 0.6 is 0 Å². The van der Waals surface area contributed by atoms with E-state index >= 15 is 0 Å². The van der Waals surface area contributed by atoms with Crippen LogP contribution in [0.4, 0.5) is 10.2 Å². The zero-order chi connectivity index (χ0) is 13.8. The molecule has 0 radical (unpaired) electrons. The third kappa shape index (κ3) is 3.22. The summed E-state index contributed by atoms with van der Waals surface area (Å²) in [4.78, 5) is 15.7. The molecule has 1 fully saturated rings. The van der Waals surface area contributed by atoms with Crippen molar-refractivity contribution in [3.05, 3.63) is 23.6 Å². The molecule has 1 saturated carbocycles. The van der Waals surface area contributed by atoms with E-state index in [4.69, 9.17) is 5.73 Å². The average molecular weight is 265 g/mol. The van der Waals surface area contributed by atoms with Crippen molar-refractivity contribution in [3.8, 4) is 0 Å². The molecule has 0 saturated heterocycles. The van der Waals surface area contributed by atoms with Crippen LogP contribution in [0.15, 0.2) is 12.3 Å². The molecule has 19 heavy (non-hydrogen) atoms. The van der Waals surface area contributed by atoms with Crippen molar-refractivity contribution in [1.82, 2.24) is 10.3 Å². The van der Waals surface area contributed by atoms with Gasteiger partial charge in [-0.25, -0.2) is 9.37 Å². The van der Waals surface area contributed by atoms with Gasteiger partial charge in [0.05, 0.1) is 5.56 Å². The molecule has 2 atom stereocenters. The first-order valence-electron chi connectivity index (χ1n) is 6.82. The molecule has 2 rings (SSSR count). The van der Waals surface area contributed by atoms with Crippen LogP contribution in [0.5, 0.6) is 0 Å². The molecule has 1 aliphatic rings. The van der Waals surface area contributed by atoms with Crippen LogP contribution in [0.3, 0.4) is 0 Å². The quantitative estimate of drug-likeness (QED) is 0.882. The van der Waals surface area contributed by atoms with Crippen LogP contribution in [0, 0.1) is 11.7 Å². The Morgan fingerprint density at radius 1 is 1.58 bits per heavy atom. The molecule has 0 bridgehead atoms. The lowest BCUT2D eigenvalue weighted by atomic mass is 9.84. The highest BCUT2D eigenvalue weighted by atomic mass is 19.1. The maximum Gasteiger partial charge on any atom is 0.254 e. The van der Waals surface area contributed by atoms with Crippen LogP contribution in [0.2, 0.25) is 0 Å². The van der Waals surface area contributed by atoms with Gasteiger partial charge in [0.2, 0.25) is 0 Å². The fraction of sp³-hybridized carbons (Fsp3) is 0.571. The van der Waals surface area contributed by atoms with E-state index in [9.17, 15) is 9.18 Å². The Bertz CT molecular complexity index is 464.